The minimum atomic E-state index is -0.173. The third-order valence-electron chi connectivity index (χ3n) is 3.35. The van der Waals surface area contributed by atoms with E-state index in [1.807, 2.05) is 17.8 Å². The molecular weight excluding hydrogens is 269 g/mol. The lowest BCUT2D eigenvalue weighted by Gasteiger charge is -2.20. The number of hydrogen-bond acceptors (Lipinski definition) is 2. The molecule has 1 N–H and O–H groups in total. The van der Waals surface area contributed by atoms with Gasteiger partial charge in [0.1, 0.15) is 5.82 Å². The molecule has 4 heteroatoms. The summed E-state index contributed by atoms with van der Waals surface area (Å²) in [6.45, 7) is 3.22. The molecule has 1 nitrogen and oxygen atoms in total. The van der Waals surface area contributed by atoms with Crippen molar-refractivity contribution in [1.82, 2.24) is 5.32 Å². The van der Waals surface area contributed by atoms with Crippen LogP contribution in [0.5, 0.6) is 0 Å². The summed E-state index contributed by atoms with van der Waals surface area (Å²) in [5.74, 6) is 2.61. The van der Waals surface area contributed by atoms with Crippen LogP contribution in [0.15, 0.2) is 18.2 Å². The van der Waals surface area contributed by atoms with E-state index < -0.39 is 0 Å². The van der Waals surface area contributed by atoms with Crippen molar-refractivity contribution in [3.05, 3.63) is 34.6 Å². The third-order valence-corrected chi connectivity index (χ3v) is 4.85. The quantitative estimate of drug-likeness (QED) is 0.885. The van der Waals surface area contributed by atoms with Crippen LogP contribution in [0.2, 0.25) is 5.02 Å². The van der Waals surface area contributed by atoms with Gasteiger partial charge in [0, 0.05) is 16.8 Å². The predicted molar refractivity (Wildman–Crippen MR) is 78.0 cm³/mol. The summed E-state index contributed by atoms with van der Waals surface area (Å²) in [6.07, 6.45) is 1.95. The van der Waals surface area contributed by atoms with Crippen molar-refractivity contribution >= 4 is 23.4 Å². The van der Waals surface area contributed by atoms with E-state index in [2.05, 4.69) is 12.2 Å². The normalized spacial score (nSPS) is 23.5. The molecule has 0 aliphatic carbocycles. The Morgan fingerprint density at radius 1 is 1.44 bits per heavy atom. The maximum absolute atomic E-state index is 13.8. The second kappa shape index (κ2) is 6.78. The van der Waals surface area contributed by atoms with E-state index in [9.17, 15) is 4.39 Å². The summed E-state index contributed by atoms with van der Waals surface area (Å²) in [5.41, 5.74) is 0.787. The van der Waals surface area contributed by atoms with Gasteiger partial charge in [-0.2, -0.15) is 11.8 Å². The average Bonchev–Trinajstić information content (AvgIpc) is 2.77. The molecule has 2 atom stereocenters. The SMILES string of the molecule is CCCNC1CSCC1Cc1ccc(Cl)cc1F. The van der Waals surface area contributed by atoms with Crippen molar-refractivity contribution in [3.63, 3.8) is 0 Å². The molecular formula is C14H19ClFNS. The molecule has 1 saturated heterocycles. The summed E-state index contributed by atoms with van der Waals surface area (Å²) in [5, 5.41) is 4.03. The average molecular weight is 288 g/mol. The van der Waals surface area contributed by atoms with Crippen molar-refractivity contribution in [2.24, 2.45) is 5.92 Å². The summed E-state index contributed by atoms with van der Waals surface area (Å²) in [6, 6.07) is 5.52. The van der Waals surface area contributed by atoms with Crippen molar-refractivity contribution in [2.75, 3.05) is 18.1 Å². The van der Waals surface area contributed by atoms with Crippen LogP contribution in [-0.2, 0) is 6.42 Å². The van der Waals surface area contributed by atoms with Crippen LogP contribution >= 0.6 is 23.4 Å². The monoisotopic (exact) mass is 287 g/mol. The van der Waals surface area contributed by atoms with Gasteiger partial charge in [0.05, 0.1) is 0 Å². The van der Waals surface area contributed by atoms with Gasteiger partial charge in [-0.15, -0.1) is 0 Å². The summed E-state index contributed by atoms with van der Waals surface area (Å²) >= 11 is 7.73. The maximum atomic E-state index is 13.8. The molecule has 0 bridgehead atoms. The van der Waals surface area contributed by atoms with Gasteiger partial charge in [-0.25, -0.2) is 4.39 Å². The van der Waals surface area contributed by atoms with Crippen LogP contribution in [0.1, 0.15) is 18.9 Å². The van der Waals surface area contributed by atoms with Crippen molar-refractivity contribution < 1.29 is 4.39 Å². The lowest BCUT2D eigenvalue weighted by molar-refractivity contribution is 0.419. The first-order chi connectivity index (χ1) is 8.70. The zero-order valence-corrected chi connectivity index (χ0v) is 12.2. The standard InChI is InChI=1S/C14H19ClFNS/c1-2-5-17-14-9-18-8-11(14)6-10-3-4-12(15)7-13(10)16/h3-4,7,11,14,17H,2,5-6,8-9H2,1H3. The first kappa shape index (κ1) is 14.2. The molecule has 0 radical (unpaired) electrons. The Hall–Kier alpha value is -0.250. The molecule has 2 unspecified atom stereocenters. The molecule has 2 rings (SSSR count). The van der Waals surface area contributed by atoms with Gasteiger partial charge in [-0.05, 0) is 48.8 Å². The number of benzene rings is 1. The molecule has 1 aromatic carbocycles. The van der Waals surface area contributed by atoms with Crippen molar-refractivity contribution in [1.29, 1.82) is 0 Å². The first-order valence-corrected chi connectivity index (χ1v) is 7.99. The van der Waals surface area contributed by atoms with Crippen LogP contribution in [0.3, 0.4) is 0 Å². The fourth-order valence-corrected chi connectivity index (χ4v) is 3.92. The lowest BCUT2D eigenvalue weighted by atomic mass is 9.94. The smallest absolute Gasteiger partial charge is 0.127 e. The number of halogens is 2. The maximum Gasteiger partial charge on any atom is 0.127 e. The molecule has 0 aromatic heterocycles. The second-order valence-corrected chi connectivity index (χ2v) is 6.31. The molecule has 0 amide bonds. The van der Waals surface area contributed by atoms with E-state index in [1.54, 1.807) is 6.07 Å². The second-order valence-electron chi connectivity index (χ2n) is 4.80. The molecule has 1 aromatic rings. The van der Waals surface area contributed by atoms with Crippen LogP contribution in [-0.4, -0.2) is 24.1 Å². The van der Waals surface area contributed by atoms with E-state index in [0.717, 1.165) is 36.5 Å². The largest absolute Gasteiger partial charge is 0.313 e. The third kappa shape index (κ3) is 3.62. The Bertz CT molecular complexity index is 399. The zero-order valence-electron chi connectivity index (χ0n) is 10.6. The number of nitrogens with one attached hydrogen (secondary N) is 1. The van der Waals surface area contributed by atoms with Crippen LogP contribution in [0, 0.1) is 11.7 Å². The molecule has 18 heavy (non-hydrogen) atoms. The molecule has 100 valence electrons. The van der Waals surface area contributed by atoms with E-state index in [0.29, 0.717) is 17.0 Å². The minimum Gasteiger partial charge on any atom is -0.313 e. The zero-order chi connectivity index (χ0) is 13.0. The Kier molecular flexibility index (Phi) is 5.34. The molecule has 1 aliphatic rings. The van der Waals surface area contributed by atoms with Gasteiger partial charge in [-0.3, -0.25) is 0 Å². The van der Waals surface area contributed by atoms with Gasteiger partial charge in [-0.1, -0.05) is 24.6 Å². The van der Waals surface area contributed by atoms with Crippen LogP contribution in [0.25, 0.3) is 0 Å². The number of hydrogen-bond donors (Lipinski definition) is 1. The van der Waals surface area contributed by atoms with Crippen molar-refractivity contribution in [2.45, 2.75) is 25.8 Å². The van der Waals surface area contributed by atoms with E-state index in [4.69, 9.17) is 11.6 Å². The highest BCUT2D eigenvalue weighted by molar-refractivity contribution is 7.99. The van der Waals surface area contributed by atoms with E-state index in [1.165, 1.54) is 6.07 Å². The van der Waals surface area contributed by atoms with E-state index in [-0.39, 0.29) is 5.82 Å². The predicted octanol–water partition coefficient (Wildman–Crippen LogP) is 3.75. The highest BCUT2D eigenvalue weighted by atomic mass is 35.5. The van der Waals surface area contributed by atoms with Gasteiger partial charge in [0.2, 0.25) is 0 Å². The van der Waals surface area contributed by atoms with Gasteiger partial charge >= 0.3 is 0 Å². The first-order valence-electron chi connectivity index (χ1n) is 6.45. The minimum absolute atomic E-state index is 0.173. The lowest BCUT2D eigenvalue weighted by Crippen LogP contribution is -2.36. The number of rotatable bonds is 5. The van der Waals surface area contributed by atoms with Gasteiger partial charge in [0.15, 0.2) is 0 Å². The van der Waals surface area contributed by atoms with E-state index >= 15 is 0 Å². The fraction of sp³-hybridized carbons (Fsp3) is 0.571. The topological polar surface area (TPSA) is 12.0 Å². The fourth-order valence-electron chi connectivity index (χ4n) is 2.32. The van der Waals surface area contributed by atoms with Crippen molar-refractivity contribution in [3.8, 4) is 0 Å². The highest BCUT2D eigenvalue weighted by Crippen LogP contribution is 2.28. The molecule has 1 fully saturated rings. The summed E-state index contributed by atoms with van der Waals surface area (Å²) in [7, 11) is 0. The summed E-state index contributed by atoms with van der Waals surface area (Å²) < 4.78 is 13.8. The number of thioether (sulfide) groups is 1. The van der Waals surface area contributed by atoms with Gasteiger partial charge in [0.25, 0.3) is 0 Å². The Balaban J connectivity index is 1.99. The molecule has 1 aliphatic heterocycles. The summed E-state index contributed by atoms with van der Waals surface area (Å²) in [4.78, 5) is 0. The van der Waals surface area contributed by atoms with Crippen LogP contribution < -0.4 is 5.32 Å². The Morgan fingerprint density at radius 3 is 3.00 bits per heavy atom. The molecule has 0 spiro atoms. The highest BCUT2D eigenvalue weighted by Gasteiger charge is 2.27. The molecule has 0 saturated carbocycles. The Labute approximate surface area is 117 Å². The van der Waals surface area contributed by atoms with Gasteiger partial charge < -0.3 is 5.32 Å². The van der Waals surface area contributed by atoms with Crippen LogP contribution in [0.4, 0.5) is 4.39 Å². The molecule has 1 heterocycles. The Morgan fingerprint density at radius 2 is 2.28 bits per heavy atom.